The summed E-state index contributed by atoms with van der Waals surface area (Å²) in [6.07, 6.45) is 6.20. The standard InChI is InChI=1S/C21H22O6/c1-3-6-13-10-14(7-4-2)20-18(16(22)11-17(27-20)21(23)24)19(13)26-12-15-8-5-9-25-15/h3-4,10-11,15H,1-2,5-9,12H2,(H,23,24). The summed E-state index contributed by atoms with van der Waals surface area (Å²) in [5.41, 5.74) is 1.24. The molecule has 1 aliphatic rings. The molecule has 0 aliphatic carbocycles. The number of carboxylic acid groups (broad SMARTS) is 1. The Bertz CT molecular complexity index is 934. The summed E-state index contributed by atoms with van der Waals surface area (Å²) >= 11 is 0. The average molecular weight is 370 g/mol. The SMILES string of the molecule is C=CCc1cc(CC=C)c2oc(C(=O)O)cc(=O)c2c1OCC1CCCO1. The van der Waals surface area contributed by atoms with Crippen LogP contribution >= 0.6 is 0 Å². The molecule has 2 heterocycles. The van der Waals surface area contributed by atoms with Gasteiger partial charge < -0.3 is 19.0 Å². The van der Waals surface area contributed by atoms with Crippen LogP contribution in [0.1, 0.15) is 34.5 Å². The maximum Gasteiger partial charge on any atom is 0.371 e. The predicted molar refractivity (Wildman–Crippen MR) is 102 cm³/mol. The normalized spacial score (nSPS) is 16.4. The molecule has 1 aromatic heterocycles. The molecule has 0 bridgehead atoms. The number of hydrogen-bond donors (Lipinski definition) is 1. The zero-order chi connectivity index (χ0) is 19.4. The summed E-state index contributed by atoms with van der Waals surface area (Å²) in [5, 5.41) is 9.48. The van der Waals surface area contributed by atoms with Gasteiger partial charge in [-0.25, -0.2) is 4.79 Å². The van der Waals surface area contributed by atoms with Crippen LogP contribution in [0.3, 0.4) is 0 Å². The van der Waals surface area contributed by atoms with Crippen LogP contribution in [0.15, 0.2) is 46.7 Å². The van der Waals surface area contributed by atoms with E-state index >= 15 is 0 Å². The van der Waals surface area contributed by atoms with E-state index < -0.39 is 17.2 Å². The summed E-state index contributed by atoms with van der Waals surface area (Å²) in [6, 6.07) is 2.84. The van der Waals surface area contributed by atoms with Gasteiger partial charge in [0.1, 0.15) is 23.3 Å². The van der Waals surface area contributed by atoms with Gasteiger partial charge in [-0.3, -0.25) is 4.79 Å². The Kier molecular flexibility index (Phi) is 5.76. The van der Waals surface area contributed by atoms with Gasteiger partial charge in [0.15, 0.2) is 5.43 Å². The highest BCUT2D eigenvalue weighted by Gasteiger charge is 2.22. The van der Waals surface area contributed by atoms with Crippen molar-refractivity contribution in [3.05, 3.63) is 64.6 Å². The lowest BCUT2D eigenvalue weighted by Crippen LogP contribution is -2.18. The number of carbonyl (C=O) groups is 1. The molecule has 6 heteroatoms. The number of allylic oxidation sites excluding steroid dienone is 2. The smallest absolute Gasteiger partial charge is 0.371 e. The Morgan fingerprint density at radius 3 is 2.63 bits per heavy atom. The van der Waals surface area contributed by atoms with Crippen LogP contribution in [-0.4, -0.2) is 30.4 Å². The highest BCUT2D eigenvalue weighted by atomic mass is 16.5. The topological polar surface area (TPSA) is 86.0 Å². The monoisotopic (exact) mass is 370 g/mol. The molecule has 6 nitrogen and oxygen atoms in total. The maximum absolute atomic E-state index is 12.7. The van der Waals surface area contributed by atoms with Crippen LogP contribution < -0.4 is 10.2 Å². The van der Waals surface area contributed by atoms with Gasteiger partial charge in [0.05, 0.1) is 6.10 Å². The largest absolute Gasteiger partial charge is 0.490 e. The average Bonchev–Trinajstić information content (AvgIpc) is 3.15. The van der Waals surface area contributed by atoms with Crippen molar-refractivity contribution in [2.45, 2.75) is 31.8 Å². The lowest BCUT2D eigenvalue weighted by molar-refractivity contribution is 0.0662. The zero-order valence-corrected chi connectivity index (χ0v) is 15.0. The fourth-order valence-electron chi connectivity index (χ4n) is 3.27. The van der Waals surface area contributed by atoms with Crippen molar-refractivity contribution < 1.29 is 23.8 Å². The first-order chi connectivity index (χ1) is 13.0. The van der Waals surface area contributed by atoms with Gasteiger partial charge in [0.25, 0.3) is 0 Å². The highest BCUT2D eigenvalue weighted by molar-refractivity contribution is 5.92. The lowest BCUT2D eigenvalue weighted by Gasteiger charge is -2.17. The molecule has 1 saturated heterocycles. The fourth-order valence-corrected chi connectivity index (χ4v) is 3.27. The molecule has 1 unspecified atom stereocenters. The molecule has 0 radical (unpaired) electrons. The molecule has 0 saturated carbocycles. The van der Waals surface area contributed by atoms with E-state index in [0.29, 0.717) is 37.4 Å². The Morgan fingerprint density at radius 2 is 2.00 bits per heavy atom. The molecule has 142 valence electrons. The van der Waals surface area contributed by atoms with Crippen LogP contribution in [0, 0.1) is 0 Å². The van der Waals surface area contributed by atoms with Crippen molar-refractivity contribution in [1.29, 1.82) is 0 Å². The minimum absolute atomic E-state index is 0.0187. The van der Waals surface area contributed by atoms with E-state index in [0.717, 1.165) is 24.5 Å². The van der Waals surface area contributed by atoms with E-state index in [-0.39, 0.29) is 17.1 Å². The van der Waals surface area contributed by atoms with Gasteiger partial charge in [-0.15, -0.1) is 13.2 Å². The summed E-state index contributed by atoms with van der Waals surface area (Å²) < 4.78 is 17.1. The fraction of sp³-hybridized carbons (Fsp3) is 0.333. The number of rotatable bonds is 8. The zero-order valence-electron chi connectivity index (χ0n) is 15.0. The van der Waals surface area contributed by atoms with Crippen LogP contribution in [0.5, 0.6) is 5.75 Å². The highest BCUT2D eigenvalue weighted by Crippen LogP contribution is 2.33. The molecule has 1 atom stereocenters. The molecule has 1 fully saturated rings. The molecule has 3 rings (SSSR count). The van der Waals surface area contributed by atoms with Crippen molar-refractivity contribution in [3.8, 4) is 5.75 Å². The third-order valence-electron chi connectivity index (χ3n) is 4.48. The van der Waals surface area contributed by atoms with Crippen molar-refractivity contribution in [1.82, 2.24) is 0 Å². The second-order valence-electron chi connectivity index (χ2n) is 6.44. The molecule has 1 aromatic carbocycles. The molecule has 1 aliphatic heterocycles. The number of fused-ring (bicyclic) bond motifs is 1. The molecule has 2 aromatic rings. The Hall–Kier alpha value is -2.86. The number of hydrogen-bond acceptors (Lipinski definition) is 5. The van der Waals surface area contributed by atoms with Crippen molar-refractivity contribution in [3.63, 3.8) is 0 Å². The van der Waals surface area contributed by atoms with Gasteiger partial charge in [-0.1, -0.05) is 12.2 Å². The van der Waals surface area contributed by atoms with Gasteiger partial charge in [0, 0.05) is 12.7 Å². The van der Waals surface area contributed by atoms with Crippen molar-refractivity contribution in [2.75, 3.05) is 13.2 Å². The first-order valence-electron chi connectivity index (χ1n) is 8.87. The first-order valence-corrected chi connectivity index (χ1v) is 8.87. The maximum atomic E-state index is 12.7. The summed E-state index contributed by atoms with van der Waals surface area (Å²) in [5.74, 6) is -1.30. The minimum Gasteiger partial charge on any atom is -0.490 e. The first kappa shape index (κ1) is 18.9. The van der Waals surface area contributed by atoms with E-state index in [1.165, 1.54) is 0 Å². The third-order valence-corrected chi connectivity index (χ3v) is 4.48. The molecule has 0 amide bonds. The summed E-state index contributed by atoms with van der Waals surface area (Å²) in [7, 11) is 0. The molecular formula is C21H22O6. The Labute approximate surface area is 156 Å². The minimum atomic E-state index is -1.30. The van der Waals surface area contributed by atoms with Crippen molar-refractivity contribution in [2.24, 2.45) is 0 Å². The third kappa shape index (κ3) is 3.95. The Morgan fingerprint density at radius 1 is 1.26 bits per heavy atom. The molecule has 27 heavy (non-hydrogen) atoms. The second-order valence-corrected chi connectivity index (χ2v) is 6.44. The van der Waals surface area contributed by atoms with Gasteiger partial charge in [-0.05, 0) is 42.9 Å². The summed E-state index contributed by atoms with van der Waals surface area (Å²) in [6.45, 7) is 8.52. The number of ether oxygens (including phenoxy) is 2. The van der Waals surface area contributed by atoms with E-state index in [1.54, 1.807) is 12.2 Å². The van der Waals surface area contributed by atoms with Crippen LogP contribution in [0.25, 0.3) is 11.0 Å². The van der Waals surface area contributed by atoms with Gasteiger partial charge >= 0.3 is 5.97 Å². The van der Waals surface area contributed by atoms with E-state index in [4.69, 9.17) is 13.9 Å². The summed E-state index contributed by atoms with van der Waals surface area (Å²) in [4.78, 5) is 24.1. The molecule has 1 N–H and O–H groups in total. The number of carboxylic acids is 1. The van der Waals surface area contributed by atoms with Crippen LogP contribution in [0.4, 0.5) is 0 Å². The van der Waals surface area contributed by atoms with E-state index in [9.17, 15) is 14.7 Å². The van der Waals surface area contributed by atoms with Crippen LogP contribution in [0.2, 0.25) is 0 Å². The van der Waals surface area contributed by atoms with Crippen molar-refractivity contribution >= 4 is 16.9 Å². The van der Waals surface area contributed by atoms with Crippen LogP contribution in [-0.2, 0) is 17.6 Å². The quantitative estimate of drug-likeness (QED) is 0.716. The molecular weight excluding hydrogens is 348 g/mol. The second kappa shape index (κ2) is 8.22. The predicted octanol–water partition coefficient (Wildman–Crippen LogP) is 3.51. The van der Waals surface area contributed by atoms with Gasteiger partial charge in [-0.2, -0.15) is 0 Å². The lowest BCUT2D eigenvalue weighted by atomic mass is 9.99. The Balaban J connectivity index is 2.19. The van der Waals surface area contributed by atoms with E-state index in [1.807, 2.05) is 6.07 Å². The van der Waals surface area contributed by atoms with E-state index in [2.05, 4.69) is 13.2 Å². The number of benzene rings is 1. The number of aromatic carboxylic acids is 1. The van der Waals surface area contributed by atoms with Gasteiger partial charge in [0.2, 0.25) is 5.76 Å². The molecule has 0 spiro atoms.